The molecule has 0 saturated heterocycles. The molecule has 1 unspecified atom stereocenters. The van der Waals surface area contributed by atoms with Gasteiger partial charge in [0.25, 0.3) is 5.56 Å². The molecule has 1 aromatic carbocycles. The number of aromatic nitrogens is 2. The fourth-order valence-electron chi connectivity index (χ4n) is 1.73. The normalized spacial score (nSPS) is 12.8. The number of hydrogen-bond acceptors (Lipinski definition) is 4. The molecular weight excluding hydrogens is 254 g/mol. The van der Waals surface area contributed by atoms with Crippen molar-refractivity contribution in [2.45, 2.75) is 19.5 Å². The SMILES string of the molecule is CNC(C)Cn1c(Cl)nc2c(O)cccc2c1=O. The number of phenols is 1. The van der Waals surface area contributed by atoms with Crippen LogP contribution in [-0.4, -0.2) is 27.7 Å². The van der Waals surface area contributed by atoms with E-state index in [0.29, 0.717) is 11.9 Å². The van der Waals surface area contributed by atoms with Gasteiger partial charge in [0.05, 0.1) is 5.39 Å². The van der Waals surface area contributed by atoms with Crippen LogP contribution >= 0.6 is 11.6 Å². The molecule has 0 amide bonds. The first-order valence-electron chi connectivity index (χ1n) is 5.60. The Morgan fingerprint density at radius 3 is 2.94 bits per heavy atom. The first-order valence-corrected chi connectivity index (χ1v) is 5.97. The van der Waals surface area contributed by atoms with Gasteiger partial charge in [-0.05, 0) is 37.7 Å². The van der Waals surface area contributed by atoms with Crippen molar-refractivity contribution in [2.75, 3.05) is 7.05 Å². The fourth-order valence-corrected chi connectivity index (χ4v) is 1.96. The highest BCUT2D eigenvalue weighted by molar-refractivity contribution is 6.28. The maximum absolute atomic E-state index is 12.3. The van der Waals surface area contributed by atoms with E-state index in [4.69, 9.17) is 11.6 Å². The fraction of sp³-hybridized carbons (Fsp3) is 0.333. The molecule has 0 aliphatic heterocycles. The number of halogens is 1. The summed E-state index contributed by atoms with van der Waals surface area (Å²) in [7, 11) is 1.81. The van der Waals surface area contributed by atoms with Crippen molar-refractivity contribution in [3.8, 4) is 5.75 Å². The van der Waals surface area contributed by atoms with Gasteiger partial charge in [-0.3, -0.25) is 9.36 Å². The summed E-state index contributed by atoms with van der Waals surface area (Å²) in [5.41, 5.74) is -0.0103. The summed E-state index contributed by atoms with van der Waals surface area (Å²) in [5, 5.41) is 13.1. The molecule has 0 radical (unpaired) electrons. The summed E-state index contributed by atoms with van der Waals surface area (Å²) in [6.07, 6.45) is 0. The van der Waals surface area contributed by atoms with Gasteiger partial charge in [0, 0.05) is 12.6 Å². The van der Waals surface area contributed by atoms with E-state index in [-0.39, 0.29) is 28.2 Å². The molecule has 0 saturated carbocycles. The molecule has 0 fully saturated rings. The average Bonchev–Trinajstić information content (AvgIpc) is 2.35. The van der Waals surface area contributed by atoms with Crippen LogP contribution in [0, 0.1) is 0 Å². The van der Waals surface area contributed by atoms with Crippen molar-refractivity contribution in [2.24, 2.45) is 0 Å². The lowest BCUT2D eigenvalue weighted by Crippen LogP contribution is -2.33. The van der Waals surface area contributed by atoms with Crippen molar-refractivity contribution >= 4 is 22.5 Å². The first kappa shape index (κ1) is 12.9. The molecular formula is C12H14ClN3O2. The van der Waals surface area contributed by atoms with Crippen molar-refractivity contribution in [1.29, 1.82) is 0 Å². The van der Waals surface area contributed by atoms with E-state index in [1.54, 1.807) is 12.1 Å². The van der Waals surface area contributed by atoms with Crippen LogP contribution in [0.4, 0.5) is 0 Å². The van der Waals surface area contributed by atoms with Crippen LogP contribution in [-0.2, 0) is 6.54 Å². The highest BCUT2D eigenvalue weighted by atomic mass is 35.5. The summed E-state index contributed by atoms with van der Waals surface area (Å²) in [5.74, 6) is -0.0414. The quantitative estimate of drug-likeness (QED) is 0.824. The Morgan fingerprint density at radius 2 is 2.28 bits per heavy atom. The van der Waals surface area contributed by atoms with Crippen molar-refractivity contribution in [3.63, 3.8) is 0 Å². The summed E-state index contributed by atoms with van der Waals surface area (Å²) in [6, 6.07) is 4.81. The van der Waals surface area contributed by atoms with E-state index in [0.717, 1.165) is 0 Å². The van der Waals surface area contributed by atoms with E-state index in [9.17, 15) is 9.90 Å². The molecule has 5 nitrogen and oxygen atoms in total. The van der Waals surface area contributed by atoms with E-state index in [1.165, 1.54) is 10.6 Å². The third kappa shape index (κ3) is 2.19. The van der Waals surface area contributed by atoms with Gasteiger partial charge in [-0.15, -0.1) is 0 Å². The Hall–Kier alpha value is -1.59. The number of phenolic OH excluding ortho intramolecular Hbond substituents is 1. The third-order valence-electron chi connectivity index (χ3n) is 2.87. The highest BCUT2D eigenvalue weighted by Gasteiger charge is 2.13. The predicted octanol–water partition coefficient (Wildman–Crippen LogP) is 1.36. The van der Waals surface area contributed by atoms with E-state index in [1.807, 2.05) is 14.0 Å². The average molecular weight is 268 g/mol. The zero-order chi connectivity index (χ0) is 13.3. The maximum Gasteiger partial charge on any atom is 0.262 e. The molecule has 0 bridgehead atoms. The third-order valence-corrected chi connectivity index (χ3v) is 3.15. The number of aromatic hydroxyl groups is 1. The number of para-hydroxylation sites is 1. The maximum atomic E-state index is 12.3. The molecule has 18 heavy (non-hydrogen) atoms. The Balaban J connectivity index is 2.66. The number of nitrogens with one attached hydrogen (secondary N) is 1. The molecule has 6 heteroatoms. The minimum atomic E-state index is -0.247. The predicted molar refractivity (Wildman–Crippen MR) is 71.2 cm³/mol. The zero-order valence-corrected chi connectivity index (χ0v) is 10.9. The van der Waals surface area contributed by atoms with E-state index < -0.39 is 0 Å². The Morgan fingerprint density at radius 1 is 1.56 bits per heavy atom. The highest BCUT2D eigenvalue weighted by Crippen LogP contribution is 2.21. The smallest absolute Gasteiger partial charge is 0.262 e. The lowest BCUT2D eigenvalue weighted by molar-refractivity contribution is 0.478. The second-order valence-electron chi connectivity index (χ2n) is 4.16. The Kier molecular flexibility index (Phi) is 3.54. The van der Waals surface area contributed by atoms with Crippen LogP contribution in [0.15, 0.2) is 23.0 Å². The van der Waals surface area contributed by atoms with Gasteiger partial charge in [0.15, 0.2) is 0 Å². The summed E-state index contributed by atoms with van der Waals surface area (Å²) in [4.78, 5) is 16.3. The van der Waals surface area contributed by atoms with Crippen LogP contribution < -0.4 is 10.9 Å². The molecule has 1 atom stereocenters. The Labute approximate surface area is 109 Å². The van der Waals surface area contributed by atoms with Gasteiger partial charge >= 0.3 is 0 Å². The monoisotopic (exact) mass is 267 g/mol. The van der Waals surface area contributed by atoms with Gasteiger partial charge in [0.2, 0.25) is 5.28 Å². The lowest BCUT2D eigenvalue weighted by Gasteiger charge is -2.14. The van der Waals surface area contributed by atoms with Crippen LogP contribution in [0.1, 0.15) is 6.92 Å². The molecule has 0 spiro atoms. The van der Waals surface area contributed by atoms with Crippen molar-refractivity contribution in [1.82, 2.24) is 14.9 Å². The molecule has 2 aromatic rings. The summed E-state index contributed by atoms with van der Waals surface area (Å²) in [6.45, 7) is 2.36. The summed E-state index contributed by atoms with van der Waals surface area (Å²) < 4.78 is 1.39. The number of nitrogens with zero attached hydrogens (tertiary/aromatic N) is 2. The van der Waals surface area contributed by atoms with Gasteiger partial charge in [-0.2, -0.15) is 0 Å². The van der Waals surface area contributed by atoms with E-state index >= 15 is 0 Å². The van der Waals surface area contributed by atoms with Crippen molar-refractivity contribution < 1.29 is 5.11 Å². The number of likely N-dealkylation sites (N-methyl/N-ethyl adjacent to an activating group) is 1. The zero-order valence-electron chi connectivity index (χ0n) is 10.1. The second kappa shape index (κ2) is 4.96. The van der Waals surface area contributed by atoms with Gasteiger partial charge in [-0.1, -0.05) is 6.07 Å². The van der Waals surface area contributed by atoms with Crippen molar-refractivity contribution in [3.05, 3.63) is 33.8 Å². The molecule has 1 aromatic heterocycles. The van der Waals surface area contributed by atoms with E-state index in [2.05, 4.69) is 10.3 Å². The topological polar surface area (TPSA) is 67.2 Å². The minimum absolute atomic E-state index is 0.0414. The largest absolute Gasteiger partial charge is 0.506 e. The van der Waals surface area contributed by atoms with Gasteiger partial charge < -0.3 is 10.4 Å². The number of benzene rings is 1. The standard InChI is InChI=1S/C12H14ClN3O2/c1-7(14-2)6-16-11(18)8-4-3-5-9(17)10(8)15-12(16)13/h3-5,7,14,17H,6H2,1-2H3. The number of hydrogen-bond donors (Lipinski definition) is 2. The first-order chi connectivity index (χ1) is 8.54. The van der Waals surface area contributed by atoms with Gasteiger partial charge in [-0.25, -0.2) is 4.98 Å². The lowest BCUT2D eigenvalue weighted by atomic mass is 10.2. The van der Waals surface area contributed by atoms with Crippen LogP contribution in [0.5, 0.6) is 5.75 Å². The number of rotatable bonds is 3. The molecule has 96 valence electrons. The second-order valence-corrected chi connectivity index (χ2v) is 4.50. The summed E-state index contributed by atoms with van der Waals surface area (Å²) >= 11 is 5.99. The van der Waals surface area contributed by atoms with Crippen LogP contribution in [0.2, 0.25) is 5.28 Å². The number of fused-ring (bicyclic) bond motifs is 1. The van der Waals surface area contributed by atoms with Crippen LogP contribution in [0.3, 0.4) is 0 Å². The van der Waals surface area contributed by atoms with Crippen LogP contribution in [0.25, 0.3) is 10.9 Å². The minimum Gasteiger partial charge on any atom is -0.506 e. The molecule has 0 aliphatic rings. The molecule has 2 N–H and O–H groups in total. The molecule has 1 heterocycles. The molecule has 0 aliphatic carbocycles. The molecule has 2 rings (SSSR count). The van der Waals surface area contributed by atoms with Gasteiger partial charge in [0.1, 0.15) is 11.3 Å². The Bertz CT molecular complexity index is 639.